The van der Waals surface area contributed by atoms with Crippen molar-refractivity contribution in [1.29, 1.82) is 0 Å². The Morgan fingerprint density at radius 2 is 1.30 bits per heavy atom. The Balaban J connectivity index is 2.77. The summed E-state index contributed by atoms with van der Waals surface area (Å²) in [5.41, 5.74) is -0.296. The van der Waals surface area contributed by atoms with Crippen molar-refractivity contribution in [3.8, 4) is 0 Å². The van der Waals surface area contributed by atoms with Gasteiger partial charge in [-0.2, -0.15) is 0 Å². The molecule has 0 spiro atoms. The van der Waals surface area contributed by atoms with E-state index >= 15 is 0 Å². The van der Waals surface area contributed by atoms with E-state index in [0.717, 1.165) is 19.3 Å². The van der Waals surface area contributed by atoms with Crippen molar-refractivity contribution < 1.29 is 28.6 Å². The van der Waals surface area contributed by atoms with E-state index in [2.05, 4.69) is 13.2 Å². The molecule has 152 valence electrons. The average molecular weight is 381 g/mol. The number of ether oxygens (including phenoxy) is 3. The Bertz CT molecular complexity index is 547. The molecule has 0 radical (unpaired) electrons. The average Bonchev–Trinajstić information content (AvgIpc) is 2.67. The minimum absolute atomic E-state index is 0.0220. The zero-order valence-corrected chi connectivity index (χ0v) is 16.7. The van der Waals surface area contributed by atoms with E-state index in [0.29, 0.717) is 19.5 Å². The van der Waals surface area contributed by atoms with Crippen LogP contribution in [-0.4, -0.2) is 55.8 Å². The first kappa shape index (κ1) is 22.7. The summed E-state index contributed by atoms with van der Waals surface area (Å²) in [5, 5.41) is 0. The van der Waals surface area contributed by atoms with Gasteiger partial charge >= 0.3 is 18.0 Å². The lowest BCUT2D eigenvalue weighted by atomic mass is 9.88. The molecule has 0 bridgehead atoms. The normalized spacial score (nSPS) is 14.3. The third kappa shape index (κ3) is 7.45. The zero-order valence-electron chi connectivity index (χ0n) is 16.7. The van der Waals surface area contributed by atoms with E-state index in [1.165, 1.54) is 0 Å². The van der Waals surface area contributed by atoms with E-state index in [9.17, 15) is 14.4 Å². The van der Waals surface area contributed by atoms with Crippen LogP contribution < -0.4 is 0 Å². The Morgan fingerprint density at radius 1 is 0.852 bits per heavy atom. The largest absolute Gasteiger partial charge is 0.461 e. The monoisotopic (exact) mass is 381 g/mol. The van der Waals surface area contributed by atoms with Gasteiger partial charge in [0.2, 0.25) is 0 Å². The number of nitrogens with zero attached hydrogens (tertiary/aromatic N) is 1. The molecular weight excluding hydrogens is 350 g/mol. The quantitative estimate of drug-likeness (QED) is 0.346. The summed E-state index contributed by atoms with van der Waals surface area (Å²) in [6, 6.07) is 0. The summed E-state index contributed by atoms with van der Waals surface area (Å²) in [6.07, 6.45) is 3.11. The van der Waals surface area contributed by atoms with Crippen molar-refractivity contribution in [3.63, 3.8) is 0 Å². The highest BCUT2D eigenvalue weighted by atomic mass is 16.6. The second kappa shape index (κ2) is 10.7. The lowest BCUT2D eigenvalue weighted by Crippen LogP contribution is -2.42. The summed E-state index contributed by atoms with van der Waals surface area (Å²) in [5.74, 6) is -1.08. The van der Waals surface area contributed by atoms with Gasteiger partial charge < -0.3 is 19.1 Å². The predicted molar refractivity (Wildman–Crippen MR) is 101 cm³/mol. The van der Waals surface area contributed by atoms with Gasteiger partial charge in [0.25, 0.3) is 0 Å². The standard InChI is InChI=1S/C20H31NO6/c1-6-20(12-25-17(22)15(2)3,13-26-18(23)16(4)5)14-27-19(24)21-10-8-7-9-11-21/h2,4,6-14H2,1,3,5H3. The van der Waals surface area contributed by atoms with Crippen LogP contribution in [0.3, 0.4) is 0 Å². The summed E-state index contributed by atoms with van der Waals surface area (Å²) < 4.78 is 16.0. The van der Waals surface area contributed by atoms with Crippen LogP contribution in [-0.2, 0) is 23.8 Å². The molecule has 0 aromatic carbocycles. The molecule has 1 saturated heterocycles. The maximum Gasteiger partial charge on any atom is 0.409 e. The van der Waals surface area contributed by atoms with Crippen LogP contribution in [0.5, 0.6) is 0 Å². The number of carbonyl (C=O) groups is 3. The van der Waals surface area contributed by atoms with Gasteiger partial charge in [-0.3, -0.25) is 0 Å². The van der Waals surface area contributed by atoms with Gasteiger partial charge in [0, 0.05) is 24.2 Å². The number of piperidine rings is 1. The predicted octanol–water partition coefficient (Wildman–Crippen LogP) is 3.24. The van der Waals surface area contributed by atoms with Crippen molar-refractivity contribution in [2.24, 2.45) is 5.41 Å². The van der Waals surface area contributed by atoms with Crippen LogP contribution in [0.15, 0.2) is 24.3 Å². The minimum atomic E-state index is -0.832. The highest BCUT2D eigenvalue weighted by molar-refractivity contribution is 5.87. The highest BCUT2D eigenvalue weighted by Crippen LogP contribution is 2.25. The molecule has 1 heterocycles. The van der Waals surface area contributed by atoms with Crippen molar-refractivity contribution in [3.05, 3.63) is 24.3 Å². The van der Waals surface area contributed by atoms with E-state index in [-0.39, 0.29) is 31.0 Å². The first-order valence-electron chi connectivity index (χ1n) is 9.28. The van der Waals surface area contributed by atoms with Crippen LogP contribution in [0.2, 0.25) is 0 Å². The number of carbonyl (C=O) groups excluding carboxylic acids is 3. The third-order valence-electron chi connectivity index (χ3n) is 4.58. The smallest absolute Gasteiger partial charge is 0.409 e. The topological polar surface area (TPSA) is 82.1 Å². The molecule has 0 atom stereocenters. The molecule has 27 heavy (non-hydrogen) atoms. The Labute approximate surface area is 161 Å². The van der Waals surface area contributed by atoms with E-state index < -0.39 is 23.4 Å². The van der Waals surface area contributed by atoms with E-state index in [4.69, 9.17) is 14.2 Å². The van der Waals surface area contributed by atoms with Crippen LogP contribution in [0.25, 0.3) is 0 Å². The molecule has 7 heteroatoms. The molecule has 1 fully saturated rings. The fraction of sp³-hybridized carbons (Fsp3) is 0.650. The number of likely N-dealkylation sites (tertiary alicyclic amines) is 1. The lowest BCUT2D eigenvalue weighted by Gasteiger charge is -2.33. The maximum atomic E-state index is 12.3. The molecule has 1 rings (SSSR count). The van der Waals surface area contributed by atoms with Crippen LogP contribution in [0.4, 0.5) is 4.79 Å². The third-order valence-corrected chi connectivity index (χ3v) is 4.58. The fourth-order valence-corrected chi connectivity index (χ4v) is 2.50. The van der Waals surface area contributed by atoms with Crippen molar-refractivity contribution in [1.82, 2.24) is 4.90 Å². The maximum absolute atomic E-state index is 12.3. The van der Waals surface area contributed by atoms with Gasteiger partial charge in [0.15, 0.2) is 0 Å². The fourth-order valence-electron chi connectivity index (χ4n) is 2.50. The molecule has 1 amide bonds. The first-order chi connectivity index (χ1) is 12.7. The second-order valence-electron chi connectivity index (χ2n) is 7.17. The number of hydrogen-bond donors (Lipinski definition) is 0. The van der Waals surface area contributed by atoms with E-state index in [1.54, 1.807) is 18.7 Å². The molecule has 0 aromatic heterocycles. The Hall–Kier alpha value is -2.31. The molecule has 0 aromatic rings. The lowest BCUT2D eigenvalue weighted by molar-refractivity contribution is -0.151. The summed E-state index contributed by atoms with van der Waals surface area (Å²) in [4.78, 5) is 37.5. The van der Waals surface area contributed by atoms with Gasteiger partial charge in [0.1, 0.15) is 19.8 Å². The van der Waals surface area contributed by atoms with E-state index in [1.807, 2.05) is 6.92 Å². The van der Waals surface area contributed by atoms with Crippen molar-refractivity contribution >= 4 is 18.0 Å². The molecule has 0 saturated carbocycles. The molecule has 1 aliphatic heterocycles. The zero-order chi connectivity index (χ0) is 20.4. The van der Waals surface area contributed by atoms with Gasteiger partial charge in [-0.1, -0.05) is 20.1 Å². The Kier molecular flexibility index (Phi) is 9.05. The van der Waals surface area contributed by atoms with Crippen LogP contribution in [0, 0.1) is 5.41 Å². The molecule has 7 nitrogen and oxygen atoms in total. The second-order valence-corrected chi connectivity index (χ2v) is 7.17. The minimum Gasteiger partial charge on any atom is -0.461 e. The summed E-state index contributed by atoms with van der Waals surface area (Å²) in [6.45, 7) is 13.3. The highest BCUT2D eigenvalue weighted by Gasteiger charge is 2.35. The van der Waals surface area contributed by atoms with Gasteiger partial charge in [0.05, 0.1) is 5.41 Å². The van der Waals surface area contributed by atoms with Gasteiger partial charge in [-0.15, -0.1) is 0 Å². The van der Waals surface area contributed by atoms with Crippen molar-refractivity contribution in [2.75, 3.05) is 32.9 Å². The number of rotatable bonds is 9. The van der Waals surface area contributed by atoms with Gasteiger partial charge in [-0.25, -0.2) is 14.4 Å². The van der Waals surface area contributed by atoms with Crippen LogP contribution >= 0.6 is 0 Å². The molecule has 0 aliphatic carbocycles. The number of hydrogen-bond acceptors (Lipinski definition) is 6. The molecule has 0 N–H and O–H groups in total. The molecular formula is C20H31NO6. The summed E-state index contributed by atoms with van der Waals surface area (Å²) in [7, 11) is 0. The SMILES string of the molecule is C=C(C)C(=O)OCC(CC)(COC(=O)C(=C)C)COC(=O)N1CCCCC1. The number of amides is 1. The molecule has 0 unspecified atom stereocenters. The Morgan fingerprint density at radius 3 is 1.70 bits per heavy atom. The molecule has 1 aliphatic rings. The number of esters is 2. The van der Waals surface area contributed by atoms with Crippen molar-refractivity contribution in [2.45, 2.75) is 46.5 Å². The van der Waals surface area contributed by atoms with Crippen LogP contribution in [0.1, 0.15) is 46.5 Å². The van der Waals surface area contributed by atoms with Gasteiger partial charge in [-0.05, 0) is 39.5 Å². The first-order valence-corrected chi connectivity index (χ1v) is 9.28. The summed E-state index contributed by atoms with van der Waals surface area (Å²) >= 11 is 0.